The van der Waals surface area contributed by atoms with Gasteiger partial charge < -0.3 is 15.2 Å². The van der Waals surface area contributed by atoms with Crippen molar-refractivity contribution in [1.82, 2.24) is 0 Å². The van der Waals surface area contributed by atoms with E-state index in [4.69, 9.17) is 10.5 Å². The molecule has 0 unspecified atom stereocenters. The summed E-state index contributed by atoms with van der Waals surface area (Å²) in [4.78, 5) is 0. The minimum Gasteiger partial charge on any atom is -0.491 e. The van der Waals surface area contributed by atoms with E-state index in [1.165, 1.54) is 12.1 Å². The summed E-state index contributed by atoms with van der Waals surface area (Å²) >= 11 is 0. The largest absolute Gasteiger partial charge is 0.491 e. The van der Waals surface area contributed by atoms with Crippen molar-refractivity contribution in [3.8, 4) is 5.75 Å². The van der Waals surface area contributed by atoms with E-state index >= 15 is 0 Å². The number of hydrogen-bond acceptors (Lipinski definition) is 3. The number of halogens is 4. The van der Waals surface area contributed by atoms with E-state index in [0.717, 1.165) is 6.07 Å². The first kappa shape index (κ1) is 15.7. The van der Waals surface area contributed by atoms with Crippen LogP contribution in [-0.2, 0) is 4.74 Å². The number of rotatable bonds is 6. The number of hydrogen-bond donors (Lipinski definition) is 1. The van der Waals surface area contributed by atoms with Gasteiger partial charge in [-0.3, -0.25) is 0 Å². The zero-order chi connectivity index (χ0) is 14.5. The predicted molar refractivity (Wildman–Crippen MR) is 61.4 cm³/mol. The first-order valence-electron chi connectivity index (χ1n) is 5.62. The van der Waals surface area contributed by atoms with Gasteiger partial charge in [-0.05, 0) is 13.0 Å². The van der Waals surface area contributed by atoms with Crippen LogP contribution >= 0.6 is 0 Å². The second kappa shape index (κ2) is 6.72. The van der Waals surface area contributed by atoms with Crippen LogP contribution in [0.3, 0.4) is 0 Å². The average molecular weight is 281 g/mol. The van der Waals surface area contributed by atoms with Crippen molar-refractivity contribution < 1.29 is 27.0 Å². The van der Waals surface area contributed by atoms with Gasteiger partial charge >= 0.3 is 6.18 Å². The molecular formula is C12H15F4NO2. The van der Waals surface area contributed by atoms with Gasteiger partial charge in [-0.25, -0.2) is 4.39 Å². The highest BCUT2D eigenvalue weighted by molar-refractivity contribution is 5.36. The predicted octanol–water partition coefficient (Wildman–Crippen LogP) is 2.80. The Balaban J connectivity index is 2.46. The van der Waals surface area contributed by atoms with Crippen molar-refractivity contribution >= 4 is 0 Å². The third-order valence-electron chi connectivity index (χ3n) is 2.22. The van der Waals surface area contributed by atoms with Gasteiger partial charge in [0, 0.05) is 17.7 Å². The third-order valence-corrected chi connectivity index (χ3v) is 2.22. The first-order valence-corrected chi connectivity index (χ1v) is 5.62. The lowest BCUT2D eigenvalue weighted by Gasteiger charge is -2.14. The monoisotopic (exact) mass is 281 g/mol. The molecule has 1 aromatic rings. The minimum atomic E-state index is -4.37. The first-order chi connectivity index (χ1) is 8.79. The highest BCUT2D eigenvalue weighted by atomic mass is 19.4. The van der Waals surface area contributed by atoms with Gasteiger partial charge in [-0.15, -0.1) is 0 Å². The summed E-state index contributed by atoms with van der Waals surface area (Å²) in [6.07, 6.45) is -4.37. The lowest BCUT2D eigenvalue weighted by Crippen LogP contribution is -2.19. The normalized spacial score (nSPS) is 13.4. The second-order valence-corrected chi connectivity index (χ2v) is 3.99. The number of benzene rings is 1. The highest BCUT2D eigenvalue weighted by Gasteiger charge is 2.27. The van der Waals surface area contributed by atoms with Crippen LogP contribution in [0.15, 0.2) is 18.2 Å². The Kier molecular flexibility index (Phi) is 5.56. The van der Waals surface area contributed by atoms with Gasteiger partial charge in [0.15, 0.2) is 0 Å². The van der Waals surface area contributed by atoms with Crippen LogP contribution in [0.1, 0.15) is 18.5 Å². The molecule has 1 rings (SSSR count). The molecule has 0 saturated carbocycles. The van der Waals surface area contributed by atoms with Crippen molar-refractivity contribution in [2.24, 2.45) is 5.73 Å². The van der Waals surface area contributed by atoms with Gasteiger partial charge in [0.25, 0.3) is 0 Å². The zero-order valence-corrected chi connectivity index (χ0v) is 10.3. The van der Waals surface area contributed by atoms with E-state index in [1.807, 2.05) is 0 Å². The molecule has 1 aromatic carbocycles. The highest BCUT2D eigenvalue weighted by Crippen LogP contribution is 2.24. The number of ether oxygens (including phenoxy) is 2. The molecule has 0 spiro atoms. The third kappa shape index (κ3) is 5.89. The van der Waals surface area contributed by atoms with Crippen molar-refractivity contribution in [1.29, 1.82) is 0 Å². The fourth-order valence-corrected chi connectivity index (χ4v) is 1.41. The minimum absolute atomic E-state index is 0.112. The molecule has 0 fully saturated rings. The fraction of sp³-hybridized carbons (Fsp3) is 0.500. The van der Waals surface area contributed by atoms with E-state index in [1.54, 1.807) is 6.92 Å². The van der Waals surface area contributed by atoms with Crippen LogP contribution in [0.4, 0.5) is 17.6 Å². The Morgan fingerprint density at radius 1 is 1.26 bits per heavy atom. The molecule has 1 atom stereocenters. The molecule has 7 heteroatoms. The summed E-state index contributed by atoms with van der Waals surface area (Å²) in [6.45, 7) is 0.00752. The molecule has 0 aliphatic rings. The van der Waals surface area contributed by atoms with E-state index in [-0.39, 0.29) is 25.0 Å². The van der Waals surface area contributed by atoms with Gasteiger partial charge in [0.1, 0.15) is 24.8 Å². The maximum atomic E-state index is 13.0. The maximum absolute atomic E-state index is 13.0. The van der Waals surface area contributed by atoms with Crippen molar-refractivity contribution in [2.45, 2.75) is 19.1 Å². The van der Waals surface area contributed by atoms with E-state index in [9.17, 15) is 17.6 Å². The standard InChI is InChI=1S/C12H15F4NO2/c1-8(17)10-3-2-9(13)6-11(10)19-5-4-18-7-12(14,15)16/h2-3,6,8H,4-5,7,17H2,1H3/t8-/m1/s1. The van der Waals surface area contributed by atoms with Crippen LogP contribution in [-0.4, -0.2) is 26.0 Å². The summed E-state index contributed by atoms with van der Waals surface area (Å²) in [7, 11) is 0. The number of nitrogens with two attached hydrogens (primary N) is 1. The SMILES string of the molecule is C[C@@H](N)c1ccc(F)cc1OCCOCC(F)(F)F. The van der Waals surface area contributed by atoms with E-state index in [2.05, 4.69) is 4.74 Å². The lowest BCUT2D eigenvalue weighted by atomic mass is 10.1. The quantitative estimate of drug-likeness (QED) is 0.644. The molecule has 0 aromatic heterocycles. The Bertz CT molecular complexity index is 407. The molecule has 0 bridgehead atoms. The van der Waals surface area contributed by atoms with Crippen LogP contribution in [0.25, 0.3) is 0 Å². The molecule has 2 N–H and O–H groups in total. The second-order valence-electron chi connectivity index (χ2n) is 3.99. The summed E-state index contributed by atoms with van der Waals surface area (Å²) in [5.74, 6) is -0.291. The Morgan fingerprint density at radius 2 is 1.95 bits per heavy atom. The zero-order valence-electron chi connectivity index (χ0n) is 10.3. The molecular weight excluding hydrogens is 266 g/mol. The Labute approximate surface area is 108 Å². The topological polar surface area (TPSA) is 44.5 Å². The lowest BCUT2D eigenvalue weighted by molar-refractivity contribution is -0.175. The van der Waals surface area contributed by atoms with Gasteiger partial charge in [-0.1, -0.05) is 6.07 Å². The molecule has 0 aliphatic heterocycles. The molecule has 0 amide bonds. The van der Waals surface area contributed by atoms with Crippen molar-refractivity contribution in [3.05, 3.63) is 29.6 Å². The van der Waals surface area contributed by atoms with Gasteiger partial charge in [-0.2, -0.15) is 13.2 Å². The average Bonchev–Trinajstić information content (AvgIpc) is 2.26. The van der Waals surface area contributed by atoms with Crippen LogP contribution in [0.2, 0.25) is 0 Å². The van der Waals surface area contributed by atoms with E-state index in [0.29, 0.717) is 5.56 Å². The molecule has 0 radical (unpaired) electrons. The van der Waals surface area contributed by atoms with Crippen molar-refractivity contribution in [3.63, 3.8) is 0 Å². The molecule has 0 aliphatic carbocycles. The summed E-state index contributed by atoms with van der Waals surface area (Å²) in [5.41, 5.74) is 6.25. The summed E-state index contributed by atoms with van der Waals surface area (Å²) in [6, 6.07) is 3.49. The molecule has 108 valence electrons. The fourth-order valence-electron chi connectivity index (χ4n) is 1.41. The Hall–Kier alpha value is -1.34. The number of alkyl halides is 3. The molecule has 19 heavy (non-hydrogen) atoms. The molecule has 3 nitrogen and oxygen atoms in total. The molecule has 0 saturated heterocycles. The summed E-state index contributed by atoms with van der Waals surface area (Å²) < 4.78 is 58.0. The molecule has 0 heterocycles. The van der Waals surface area contributed by atoms with Gasteiger partial charge in [0.2, 0.25) is 0 Å². The van der Waals surface area contributed by atoms with Crippen LogP contribution < -0.4 is 10.5 Å². The summed E-state index contributed by atoms with van der Waals surface area (Å²) in [5, 5.41) is 0. The van der Waals surface area contributed by atoms with E-state index < -0.39 is 18.6 Å². The van der Waals surface area contributed by atoms with Crippen LogP contribution in [0.5, 0.6) is 5.75 Å². The van der Waals surface area contributed by atoms with Crippen LogP contribution in [0, 0.1) is 5.82 Å². The van der Waals surface area contributed by atoms with Crippen molar-refractivity contribution in [2.75, 3.05) is 19.8 Å². The maximum Gasteiger partial charge on any atom is 0.411 e. The smallest absolute Gasteiger partial charge is 0.411 e. The van der Waals surface area contributed by atoms with Gasteiger partial charge in [0.05, 0.1) is 6.61 Å². The Morgan fingerprint density at radius 3 is 2.53 bits per heavy atom.